The zero-order chi connectivity index (χ0) is 14.1. The molecule has 2 aliphatic heterocycles. The van der Waals surface area contributed by atoms with Crippen molar-refractivity contribution >= 4 is 21.4 Å². The van der Waals surface area contributed by atoms with Gasteiger partial charge in [-0.05, 0) is 61.2 Å². The first-order chi connectivity index (χ1) is 10.4. The van der Waals surface area contributed by atoms with Gasteiger partial charge in [-0.25, -0.2) is 0 Å². The van der Waals surface area contributed by atoms with Gasteiger partial charge in [0.2, 0.25) is 0 Å². The molecule has 2 fully saturated rings. The maximum Gasteiger partial charge on any atom is 0.0346 e. The first kappa shape index (κ1) is 13.7. The quantitative estimate of drug-likeness (QED) is 0.921. The molecule has 2 aliphatic rings. The summed E-state index contributed by atoms with van der Waals surface area (Å²) in [5, 5.41) is 7.57. The molecule has 2 unspecified atom stereocenters. The molecule has 3 heterocycles. The largest absolute Gasteiger partial charge is 0.312 e. The molecule has 2 nitrogen and oxygen atoms in total. The van der Waals surface area contributed by atoms with Crippen molar-refractivity contribution in [1.82, 2.24) is 10.2 Å². The van der Waals surface area contributed by atoms with E-state index in [2.05, 4.69) is 39.9 Å². The first-order valence-corrected chi connectivity index (χ1v) is 9.22. The second-order valence-corrected chi connectivity index (χ2v) is 7.40. The number of fused-ring (bicyclic) bond motifs is 1. The molecular formula is C18H24N2S. The molecule has 3 heteroatoms. The Morgan fingerprint density at radius 3 is 3.00 bits per heavy atom. The van der Waals surface area contributed by atoms with Crippen LogP contribution in [0.15, 0.2) is 29.6 Å². The van der Waals surface area contributed by atoms with Gasteiger partial charge in [-0.1, -0.05) is 24.6 Å². The van der Waals surface area contributed by atoms with Crippen LogP contribution < -0.4 is 5.32 Å². The molecule has 0 bridgehead atoms. The summed E-state index contributed by atoms with van der Waals surface area (Å²) >= 11 is 1.89. The smallest absolute Gasteiger partial charge is 0.0346 e. The molecule has 2 saturated heterocycles. The predicted octanol–water partition coefficient (Wildman–Crippen LogP) is 4.01. The lowest BCUT2D eigenvalue weighted by molar-refractivity contribution is 0.113. The van der Waals surface area contributed by atoms with Crippen molar-refractivity contribution in [2.75, 3.05) is 13.1 Å². The summed E-state index contributed by atoms with van der Waals surface area (Å²) < 4.78 is 1.43. The highest BCUT2D eigenvalue weighted by molar-refractivity contribution is 7.17. The van der Waals surface area contributed by atoms with Gasteiger partial charge in [0.15, 0.2) is 0 Å². The lowest BCUT2D eigenvalue weighted by Crippen LogP contribution is -2.49. The fourth-order valence-electron chi connectivity index (χ4n) is 4.08. The van der Waals surface area contributed by atoms with E-state index >= 15 is 0 Å². The van der Waals surface area contributed by atoms with Gasteiger partial charge in [0.25, 0.3) is 0 Å². The van der Waals surface area contributed by atoms with Crippen molar-refractivity contribution in [3.63, 3.8) is 0 Å². The Bertz CT molecular complexity index is 600. The molecule has 1 aromatic carbocycles. The fraction of sp³-hybridized carbons (Fsp3) is 0.556. The Morgan fingerprint density at radius 1 is 1.14 bits per heavy atom. The molecule has 4 rings (SSSR count). The molecule has 0 amide bonds. The number of likely N-dealkylation sites (tertiary alicyclic amines) is 1. The number of hydrogen-bond donors (Lipinski definition) is 1. The molecule has 0 aliphatic carbocycles. The Kier molecular flexibility index (Phi) is 3.97. The monoisotopic (exact) mass is 300 g/mol. The highest BCUT2D eigenvalue weighted by Gasteiger charge is 2.31. The van der Waals surface area contributed by atoms with Gasteiger partial charge in [0.05, 0.1) is 0 Å². The van der Waals surface area contributed by atoms with E-state index in [1.165, 1.54) is 60.8 Å². The van der Waals surface area contributed by atoms with Crippen molar-refractivity contribution in [2.24, 2.45) is 0 Å². The molecule has 112 valence electrons. The SMILES string of the molecule is c1ccc2c(CN3CCCCC3C3CCCN3)csc2c1. The second kappa shape index (κ2) is 6.07. The number of benzene rings is 1. The zero-order valence-corrected chi connectivity index (χ0v) is 13.4. The number of nitrogens with zero attached hydrogens (tertiary/aromatic N) is 1. The van der Waals surface area contributed by atoms with Gasteiger partial charge in [-0.3, -0.25) is 4.90 Å². The molecule has 0 radical (unpaired) electrons. The summed E-state index contributed by atoms with van der Waals surface area (Å²) in [4.78, 5) is 2.75. The van der Waals surface area contributed by atoms with E-state index in [1.54, 1.807) is 0 Å². The molecular weight excluding hydrogens is 276 g/mol. The maximum atomic E-state index is 3.73. The molecule has 2 atom stereocenters. The molecule has 1 aromatic heterocycles. The second-order valence-electron chi connectivity index (χ2n) is 6.49. The van der Waals surface area contributed by atoms with Gasteiger partial charge < -0.3 is 5.32 Å². The van der Waals surface area contributed by atoms with Gasteiger partial charge in [0.1, 0.15) is 0 Å². The third-order valence-corrected chi connectivity index (χ3v) is 6.17. The highest BCUT2D eigenvalue weighted by Crippen LogP contribution is 2.30. The normalized spacial score (nSPS) is 27.4. The Morgan fingerprint density at radius 2 is 2.10 bits per heavy atom. The lowest BCUT2D eigenvalue weighted by atomic mass is 9.94. The van der Waals surface area contributed by atoms with E-state index < -0.39 is 0 Å². The maximum absolute atomic E-state index is 3.73. The van der Waals surface area contributed by atoms with Gasteiger partial charge >= 0.3 is 0 Å². The van der Waals surface area contributed by atoms with Crippen LogP contribution >= 0.6 is 11.3 Å². The summed E-state index contributed by atoms with van der Waals surface area (Å²) in [7, 11) is 0. The minimum absolute atomic E-state index is 0.732. The van der Waals surface area contributed by atoms with Gasteiger partial charge in [0, 0.05) is 23.3 Å². The first-order valence-electron chi connectivity index (χ1n) is 8.34. The minimum Gasteiger partial charge on any atom is -0.312 e. The van der Waals surface area contributed by atoms with Crippen LogP contribution in [0, 0.1) is 0 Å². The number of rotatable bonds is 3. The number of hydrogen-bond acceptors (Lipinski definition) is 3. The summed E-state index contributed by atoms with van der Waals surface area (Å²) in [5.74, 6) is 0. The molecule has 0 spiro atoms. The Hall–Kier alpha value is -0.900. The standard InChI is InChI=1S/C18H24N2S/c1-2-9-18-15(6-1)14(13-21-18)12-20-11-4-3-8-17(20)16-7-5-10-19-16/h1-2,6,9,13,16-17,19H,3-5,7-8,10-12H2. The van der Waals surface area contributed by atoms with Crippen LogP contribution in [0.1, 0.15) is 37.7 Å². The van der Waals surface area contributed by atoms with Crippen LogP contribution in [-0.4, -0.2) is 30.1 Å². The summed E-state index contributed by atoms with van der Waals surface area (Å²) in [6, 6.07) is 10.3. The van der Waals surface area contributed by atoms with Gasteiger partial charge in [-0.15, -0.1) is 11.3 Å². The molecule has 2 aromatic rings. The minimum atomic E-state index is 0.732. The Labute approximate surface area is 131 Å². The van der Waals surface area contributed by atoms with E-state index in [9.17, 15) is 0 Å². The molecule has 21 heavy (non-hydrogen) atoms. The predicted molar refractivity (Wildman–Crippen MR) is 90.9 cm³/mol. The number of piperidine rings is 1. The number of thiophene rings is 1. The summed E-state index contributed by atoms with van der Waals surface area (Å²) in [6.45, 7) is 3.62. The fourth-order valence-corrected chi connectivity index (χ4v) is 5.04. The van der Waals surface area contributed by atoms with Crippen LogP contribution in [0.25, 0.3) is 10.1 Å². The van der Waals surface area contributed by atoms with Crippen LogP contribution in [0.5, 0.6) is 0 Å². The van der Waals surface area contributed by atoms with E-state index in [0.29, 0.717) is 0 Å². The van der Waals surface area contributed by atoms with E-state index in [-0.39, 0.29) is 0 Å². The van der Waals surface area contributed by atoms with Crippen LogP contribution in [0.2, 0.25) is 0 Å². The third kappa shape index (κ3) is 2.75. The van der Waals surface area contributed by atoms with Crippen molar-refractivity contribution in [2.45, 2.75) is 50.7 Å². The van der Waals surface area contributed by atoms with Crippen molar-refractivity contribution in [3.8, 4) is 0 Å². The van der Waals surface area contributed by atoms with Crippen molar-refractivity contribution < 1.29 is 0 Å². The van der Waals surface area contributed by atoms with E-state index in [1.807, 2.05) is 11.3 Å². The van der Waals surface area contributed by atoms with Crippen LogP contribution in [-0.2, 0) is 6.54 Å². The lowest BCUT2D eigenvalue weighted by Gasteiger charge is -2.39. The average Bonchev–Trinajstić information content (AvgIpc) is 3.18. The van der Waals surface area contributed by atoms with Crippen molar-refractivity contribution in [3.05, 3.63) is 35.2 Å². The zero-order valence-electron chi connectivity index (χ0n) is 12.6. The molecule has 1 N–H and O–H groups in total. The van der Waals surface area contributed by atoms with Crippen molar-refractivity contribution in [1.29, 1.82) is 0 Å². The topological polar surface area (TPSA) is 15.3 Å². The van der Waals surface area contributed by atoms with E-state index in [4.69, 9.17) is 0 Å². The third-order valence-electron chi connectivity index (χ3n) is 5.16. The summed E-state index contributed by atoms with van der Waals surface area (Å²) in [5.41, 5.74) is 1.53. The molecule has 0 saturated carbocycles. The van der Waals surface area contributed by atoms with Crippen LogP contribution in [0.3, 0.4) is 0 Å². The van der Waals surface area contributed by atoms with Crippen LogP contribution in [0.4, 0.5) is 0 Å². The Balaban J connectivity index is 1.56. The average molecular weight is 300 g/mol. The highest BCUT2D eigenvalue weighted by atomic mass is 32.1. The summed E-state index contributed by atoms with van der Waals surface area (Å²) in [6.07, 6.45) is 6.87. The van der Waals surface area contributed by atoms with Gasteiger partial charge in [-0.2, -0.15) is 0 Å². The van der Waals surface area contributed by atoms with E-state index in [0.717, 1.165) is 18.6 Å². The number of nitrogens with one attached hydrogen (secondary N) is 1.